The number of hydrogen-bond donors (Lipinski definition) is 0. The molecule has 2 aliphatic carbocycles. The molecule has 2 fully saturated rings. The Bertz CT molecular complexity index is 833. The van der Waals surface area contributed by atoms with Crippen molar-refractivity contribution in [1.82, 2.24) is 0 Å². The minimum Gasteiger partial charge on any atom is -0.298 e. The fraction of sp³-hybridized carbons (Fsp3) is 0.429. The van der Waals surface area contributed by atoms with E-state index in [4.69, 9.17) is 0 Å². The van der Waals surface area contributed by atoms with Gasteiger partial charge in [0.1, 0.15) is 5.78 Å². The lowest BCUT2D eigenvalue weighted by Gasteiger charge is -2.32. The fourth-order valence-corrected chi connectivity index (χ4v) is 4.91. The van der Waals surface area contributed by atoms with Gasteiger partial charge in [-0.05, 0) is 41.0 Å². The van der Waals surface area contributed by atoms with Gasteiger partial charge in [-0.25, -0.2) is 0 Å². The van der Waals surface area contributed by atoms with Crippen molar-refractivity contribution in [3.63, 3.8) is 0 Å². The molecule has 0 saturated heterocycles. The second-order valence-corrected chi connectivity index (χ2v) is 7.97. The highest BCUT2D eigenvalue weighted by atomic mass is 16.2. The number of carbonyl (C=O) groups excluding carboxylic acids is 2. The lowest BCUT2D eigenvalue weighted by atomic mass is 9.70. The number of carbonyl (C=O) groups is 2. The van der Waals surface area contributed by atoms with E-state index in [1.165, 1.54) is 0 Å². The molecule has 2 heteroatoms. The molecule has 4 rings (SSSR count). The molecule has 0 aliphatic heterocycles. The van der Waals surface area contributed by atoms with E-state index in [1.807, 2.05) is 42.5 Å². The summed E-state index contributed by atoms with van der Waals surface area (Å²) in [5.41, 5.74) is 0.254. The summed E-state index contributed by atoms with van der Waals surface area (Å²) in [6.45, 7) is 6.38. The van der Waals surface area contributed by atoms with Gasteiger partial charge in [-0.2, -0.15) is 0 Å². The van der Waals surface area contributed by atoms with Gasteiger partial charge in [0, 0.05) is 11.0 Å². The predicted molar refractivity (Wildman–Crippen MR) is 91.4 cm³/mol. The summed E-state index contributed by atoms with van der Waals surface area (Å²) in [6, 6.07) is 13.8. The molecular weight excluding hydrogens is 284 g/mol. The van der Waals surface area contributed by atoms with Crippen molar-refractivity contribution in [2.75, 3.05) is 0 Å². The largest absolute Gasteiger partial charge is 0.298 e. The zero-order chi connectivity index (χ0) is 16.4. The van der Waals surface area contributed by atoms with E-state index in [1.54, 1.807) is 0 Å². The van der Waals surface area contributed by atoms with Gasteiger partial charge in [-0.1, -0.05) is 57.2 Å². The molecule has 3 atom stereocenters. The average Bonchev–Trinajstić information content (AvgIpc) is 2.86. The normalized spacial score (nSPS) is 31.7. The SMILES string of the molecule is CC1(C)[C@@H]2CC[C@@]1(C)C(=O)[C@H]2C(=O)c1ccc2ccccc2c1. The third-order valence-electron chi connectivity index (χ3n) is 6.85. The Kier molecular flexibility index (Phi) is 2.88. The maximum atomic E-state index is 13.1. The van der Waals surface area contributed by atoms with Gasteiger partial charge >= 0.3 is 0 Å². The number of benzene rings is 2. The molecule has 0 amide bonds. The van der Waals surface area contributed by atoms with Crippen LogP contribution < -0.4 is 0 Å². The molecule has 2 bridgehead atoms. The van der Waals surface area contributed by atoms with Crippen LogP contribution in [0.1, 0.15) is 44.0 Å². The van der Waals surface area contributed by atoms with Crippen LogP contribution in [0.15, 0.2) is 42.5 Å². The first-order valence-electron chi connectivity index (χ1n) is 8.43. The van der Waals surface area contributed by atoms with Crippen molar-refractivity contribution in [3.8, 4) is 0 Å². The molecule has 23 heavy (non-hydrogen) atoms. The van der Waals surface area contributed by atoms with Crippen molar-refractivity contribution < 1.29 is 9.59 Å². The van der Waals surface area contributed by atoms with Crippen molar-refractivity contribution in [3.05, 3.63) is 48.0 Å². The van der Waals surface area contributed by atoms with Crippen LogP contribution in [-0.4, -0.2) is 11.6 Å². The van der Waals surface area contributed by atoms with Gasteiger partial charge in [-0.15, -0.1) is 0 Å². The van der Waals surface area contributed by atoms with Crippen LogP contribution >= 0.6 is 0 Å². The van der Waals surface area contributed by atoms with E-state index in [0.29, 0.717) is 5.56 Å². The lowest BCUT2D eigenvalue weighted by molar-refractivity contribution is -0.130. The minimum absolute atomic E-state index is 0.0160. The first-order valence-corrected chi connectivity index (χ1v) is 8.43. The van der Waals surface area contributed by atoms with Gasteiger partial charge in [0.2, 0.25) is 0 Å². The number of ketones is 2. The Morgan fingerprint density at radius 2 is 1.74 bits per heavy atom. The summed E-state index contributed by atoms with van der Waals surface area (Å²) in [5, 5.41) is 2.18. The Morgan fingerprint density at radius 3 is 2.39 bits per heavy atom. The molecule has 0 N–H and O–H groups in total. The summed E-state index contributed by atoms with van der Waals surface area (Å²) in [7, 11) is 0. The highest BCUT2D eigenvalue weighted by Gasteiger charge is 2.67. The van der Waals surface area contributed by atoms with Crippen LogP contribution in [0, 0.1) is 22.7 Å². The second kappa shape index (κ2) is 4.53. The molecule has 118 valence electrons. The molecule has 0 aromatic heterocycles. The molecule has 2 saturated carbocycles. The first kappa shape index (κ1) is 14.6. The third kappa shape index (κ3) is 1.75. The summed E-state index contributed by atoms with van der Waals surface area (Å²) in [4.78, 5) is 26.1. The van der Waals surface area contributed by atoms with Crippen molar-refractivity contribution in [1.29, 1.82) is 0 Å². The molecule has 2 aliphatic rings. The van der Waals surface area contributed by atoms with Crippen LogP contribution in [-0.2, 0) is 4.79 Å². The quantitative estimate of drug-likeness (QED) is 0.597. The molecule has 2 aromatic carbocycles. The van der Waals surface area contributed by atoms with Gasteiger partial charge < -0.3 is 0 Å². The Morgan fingerprint density at radius 1 is 1.04 bits per heavy atom. The zero-order valence-electron chi connectivity index (χ0n) is 13.9. The van der Waals surface area contributed by atoms with Crippen LogP contribution in [0.5, 0.6) is 0 Å². The predicted octanol–water partition coefficient (Wildman–Crippen LogP) is 4.66. The third-order valence-corrected chi connectivity index (χ3v) is 6.85. The van der Waals surface area contributed by atoms with Crippen LogP contribution in [0.25, 0.3) is 10.8 Å². The molecule has 0 spiro atoms. The summed E-state index contributed by atoms with van der Waals surface area (Å²) >= 11 is 0. The number of fused-ring (bicyclic) bond motifs is 3. The van der Waals surface area contributed by atoms with E-state index in [9.17, 15) is 9.59 Å². The molecule has 0 heterocycles. The highest BCUT2D eigenvalue weighted by molar-refractivity contribution is 6.15. The summed E-state index contributed by atoms with van der Waals surface area (Å²) in [5.74, 6) is -0.0944. The van der Waals surface area contributed by atoms with Crippen LogP contribution in [0.3, 0.4) is 0 Å². The van der Waals surface area contributed by atoms with Crippen molar-refractivity contribution in [2.45, 2.75) is 33.6 Å². The first-order chi connectivity index (χ1) is 10.9. The minimum atomic E-state index is -0.454. The average molecular weight is 306 g/mol. The summed E-state index contributed by atoms with van der Waals surface area (Å²) in [6.07, 6.45) is 1.91. The van der Waals surface area contributed by atoms with Crippen LogP contribution in [0.4, 0.5) is 0 Å². The fourth-order valence-electron chi connectivity index (χ4n) is 4.91. The van der Waals surface area contributed by atoms with Gasteiger partial charge in [0.25, 0.3) is 0 Å². The van der Waals surface area contributed by atoms with Crippen molar-refractivity contribution >= 4 is 22.3 Å². The Hall–Kier alpha value is -1.96. The summed E-state index contributed by atoms with van der Waals surface area (Å²) < 4.78 is 0. The maximum absolute atomic E-state index is 13.1. The zero-order valence-corrected chi connectivity index (χ0v) is 13.9. The highest BCUT2D eigenvalue weighted by Crippen LogP contribution is 2.66. The smallest absolute Gasteiger partial charge is 0.173 e. The number of hydrogen-bond acceptors (Lipinski definition) is 2. The molecular formula is C21H22O2. The molecule has 2 nitrogen and oxygen atoms in total. The number of rotatable bonds is 2. The standard InChI is InChI=1S/C21H22O2/c1-20(2)16-10-11-21(20,3)19(23)17(16)18(22)15-9-8-13-6-4-5-7-14(13)12-15/h4-9,12,16-17H,10-11H2,1-3H3/t16-,17-,21+/m1/s1. The van der Waals surface area contributed by atoms with Crippen LogP contribution in [0.2, 0.25) is 0 Å². The Labute approximate surface area is 136 Å². The Balaban J connectivity index is 1.76. The topological polar surface area (TPSA) is 34.1 Å². The van der Waals surface area contributed by atoms with E-state index in [0.717, 1.165) is 23.6 Å². The van der Waals surface area contributed by atoms with E-state index in [2.05, 4.69) is 20.8 Å². The van der Waals surface area contributed by atoms with E-state index >= 15 is 0 Å². The molecule has 0 unspecified atom stereocenters. The maximum Gasteiger partial charge on any atom is 0.173 e. The van der Waals surface area contributed by atoms with E-state index < -0.39 is 5.92 Å². The monoisotopic (exact) mass is 306 g/mol. The van der Waals surface area contributed by atoms with E-state index in [-0.39, 0.29) is 28.3 Å². The van der Waals surface area contributed by atoms with Gasteiger partial charge in [-0.3, -0.25) is 9.59 Å². The molecule has 2 aromatic rings. The second-order valence-electron chi connectivity index (χ2n) is 7.97. The lowest BCUT2D eigenvalue weighted by Crippen LogP contribution is -2.35. The van der Waals surface area contributed by atoms with Gasteiger partial charge in [0.15, 0.2) is 5.78 Å². The molecule has 0 radical (unpaired) electrons. The van der Waals surface area contributed by atoms with Gasteiger partial charge in [0.05, 0.1) is 5.92 Å². The number of Topliss-reactive ketones (excluding diaryl/α,β-unsaturated/α-hetero) is 2. The van der Waals surface area contributed by atoms with Crippen molar-refractivity contribution in [2.24, 2.45) is 22.7 Å².